The Morgan fingerprint density at radius 3 is 2.87 bits per heavy atom. The topological polar surface area (TPSA) is 68.3 Å². The van der Waals surface area contributed by atoms with Crippen molar-refractivity contribution in [1.82, 2.24) is 5.32 Å². The molecule has 0 aliphatic carbocycles. The zero-order chi connectivity index (χ0) is 11.3. The van der Waals surface area contributed by atoms with Crippen LogP contribution in [0, 0.1) is 5.92 Å². The molecule has 84 valence electrons. The van der Waals surface area contributed by atoms with E-state index in [2.05, 4.69) is 19.2 Å². The smallest absolute Gasteiger partial charge is 0.287 e. The first-order valence-corrected chi connectivity index (χ1v) is 5.17. The van der Waals surface area contributed by atoms with Gasteiger partial charge in [0.25, 0.3) is 5.91 Å². The Morgan fingerprint density at radius 2 is 2.33 bits per heavy atom. The third kappa shape index (κ3) is 4.16. The molecule has 1 amide bonds. The second kappa shape index (κ2) is 5.56. The van der Waals surface area contributed by atoms with E-state index in [9.17, 15) is 4.79 Å². The maximum absolute atomic E-state index is 11.4. The van der Waals surface area contributed by atoms with E-state index in [0.29, 0.717) is 18.2 Å². The predicted octanol–water partition coefficient (Wildman–Crippen LogP) is 1.38. The standard InChI is InChI=1S/C11H18N2O2/c1-8(2)6-9(12)7-13-11(14)10-4-3-5-15-10/h3-5,8-9H,6-7,12H2,1-2H3,(H,13,14). The Labute approximate surface area is 89.8 Å². The minimum Gasteiger partial charge on any atom is -0.459 e. The van der Waals surface area contributed by atoms with E-state index < -0.39 is 0 Å². The second-order valence-corrected chi connectivity index (χ2v) is 4.08. The first kappa shape index (κ1) is 11.8. The molecule has 0 saturated heterocycles. The summed E-state index contributed by atoms with van der Waals surface area (Å²) in [4.78, 5) is 11.4. The van der Waals surface area contributed by atoms with Gasteiger partial charge < -0.3 is 15.5 Å². The van der Waals surface area contributed by atoms with Gasteiger partial charge in [0, 0.05) is 12.6 Å². The predicted molar refractivity (Wildman–Crippen MR) is 58.5 cm³/mol. The van der Waals surface area contributed by atoms with Crippen LogP contribution in [0.3, 0.4) is 0 Å². The van der Waals surface area contributed by atoms with Crippen LogP contribution in [0.25, 0.3) is 0 Å². The summed E-state index contributed by atoms with van der Waals surface area (Å²) in [5.74, 6) is 0.659. The first-order valence-electron chi connectivity index (χ1n) is 5.17. The molecule has 1 rings (SSSR count). The zero-order valence-electron chi connectivity index (χ0n) is 9.19. The van der Waals surface area contributed by atoms with Gasteiger partial charge in [-0.05, 0) is 24.5 Å². The molecule has 15 heavy (non-hydrogen) atoms. The summed E-state index contributed by atoms with van der Waals surface area (Å²) >= 11 is 0. The third-order valence-electron chi connectivity index (χ3n) is 2.04. The van der Waals surface area contributed by atoms with Gasteiger partial charge in [0.1, 0.15) is 0 Å². The molecule has 1 aromatic rings. The minimum absolute atomic E-state index is 0.00362. The van der Waals surface area contributed by atoms with Crippen molar-refractivity contribution in [2.45, 2.75) is 26.3 Å². The Bertz CT molecular complexity index is 294. The SMILES string of the molecule is CC(C)CC(N)CNC(=O)c1ccco1. The fourth-order valence-electron chi connectivity index (χ4n) is 1.41. The highest BCUT2D eigenvalue weighted by Crippen LogP contribution is 2.02. The van der Waals surface area contributed by atoms with E-state index >= 15 is 0 Å². The van der Waals surface area contributed by atoms with Crippen molar-refractivity contribution >= 4 is 5.91 Å². The summed E-state index contributed by atoms with van der Waals surface area (Å²) in [5.41, 5.74) is 5.83. The van der Waals surface area contributed by atoms with Gasteiger partial charge in [0.15, 0.2) is 5.76 Å². The number of hydrogen-bond acceptors (Lipinski definition) is 3. The Balaban J connectivity index is 2.28. The van der Waals surface area contributed by atoms with Crippen LogP contribution in [0.5, 0.6) is 0 Å². The van der Waals surface area contributed by atoms with E-state index in [1.165, 1.54) is 6.26 Å². The van der Waals surface area contributed by atoms with Crippen molar-refractivity contribution in [3.05, 3.63) is 24.2 Å². The van der Waals surface area contributed by atoms with Gasteiger partial charge in [0.05, 0.1) is 6.26 Å². The average molecular weight is 210 g/mol. The molecule has 0 spiro atoms. The number of carbonyl (C=O) groups excluding carboxylic acids is 1. The summed E-state index contributed by atoms with van der Waals surface area (Å²) in [7, 11) is 0. The van der Waals surface area contributed by atoms with Gasteiger partial charge in [0.2, 0.25) is 0 Å². The van der Waals surface area contributed by atoms with Gasteiger partial charge >= 0.3 is 0 Å². The lowest BCUT2D eigenvalue weighted by atomic mass is 10.0. The van der Waals surface area contributed by atoms with Crippen LogP contribution in [0.4, 0.5) is 0 Å². The molecule has 0 aliphatic rings. The number of carbonyl (C=O) groups is 1. The first-order chi connectivity index (χ1) is 7.09. The fraction of sp³-hybridized carbons (Fsp3) is 0.545. The van der Waals surface area contributed by atoms with Crippen LogP contribution < -0.4 is 11.1 Å². The van der Waals surface area contributed by atoms with Crippen LogP contribution in [0.15, 0.2) is 22.8 Å². The number of hydrogen-bond donors (Lipinski definition) is 2. The van der Waals surface area contributed by atoms with E-state index in [4.69, 9.17) is 10.2 Å². The highest BCUT2D eigenvalue weighted by Gasteiger charge is 2.10. The quantitative estimate of drug-likeness (QED) is 0.771. The van der Waals surface area contributed by atoms with Crippen molar-refractivity contribution in [2.24, 2.45) is 11.7 Å². The van der Waals surface area contributed by atoms with Gasteiger partial charge in [-0.15, -0.1) is 0 Å². The van der Waals surface area contributed by atoms with Crippen molar-refractivity contribution < 1.29 is 9.21 Å². The minimum atomic E-state index is -0.209. The van der Waals surface area contributed by atoms with Crippen LogP contribution in [0.2, 0.25) is 0 Å². The summed E-state index contributed by atoms with van der Waals surface area (Å²) in [5, 5.41) is 2.73. The Morgan fingerprint density at radius 1 is 1.60 bits per heavy atom. The molecule has 0 aliphatic heterocycles. The maximum Gasteiger partial charge on any atom is 0.287 e. The average Bonchev–Trinajstić information content (AvgIpc) is 2.65. The van der Waals surface area contributed by atoms with Crippen LogP contribution in [-0.2, 0) is 0 Å². The third-order valence-corrected chi connectivity index (χ3v) is 2.04. The van der Waals surface area contributed by atoms with Crippen molar-refractivity contribution in [2.75, 3.05) is 6.54 Å². The highest BCUT2D eigenvalue weighted by molar-refractivity contribution is 5.91. The van der Waals surface area contributed by atoms with Gasteiger partial charge in [-0.25, -0.2) is 0 Å². The van der Waals surface area contributed by atoms with Crippen LogP contribution in [-0.4, -0.2) is 18.5 Å². The molecule has 0 bridgehead atoms. The number of rotatable bonds is 5. The maximum atomic E-state index is 11.4. The number of nitrogens with one attached hydrogen (secondary N) is 1. The number of furan rings is 1. The van der Waals surface area contributed by atoms with E-state index in [0.717, 1.165) is 6.42 Å². The molecule has 3 N–H and O–H groups in total. The molecule has 4 heteroatoms. The number of amides is 1. The summed E-state index contributed by atoms with van der Waals surface area (Å²) in [6.45, 7) is 4.69. The summed E-state index contributed by atoms with van der Waals surface area (Å²) in [6, 6.07) is 3.32. The lowest BCUT2D eigenvalue weighted by Crippen LogP contribution is -2.37. The van der Waals surface area contributed by atoms with Crippen molar-refractivity contribution in [3.63, 3.8) is 0 Å². The zero-order valence-corrected chi connectivity index (χ0v) is 9.19. The summed E-state index contributed by atoms with van der Waals surface area (Å²) in [6.07, 6.45) is 2.38. The Kier molecular flexibility index (Phi) is 4.37. The molecule has 0 aromatic carbocycles. The second-order valence-electron chi connectivity index (χ2n) is 4.08. The molecular formula is C11H18N2O2. The van der Waals surface area contributed by atoms with Gasteiger partial charge in [-0.2, -0.15) is 0 Å². The Hall–Kier alpha value is -1.29. The molecule has 1 heterocycles. The van der Waals surface area contributed by atoms with Crippen LogP contribution in [0.1, 0.15) is 30.8 Å². The largest absolute Gasteiger partial charge is 0.459 e. The van der Waals surface area contributed by atoms with Crippen molar-refractivity contribution in [1.29, 1.82) is 0 Å². The lowest BCUT2D eigenvalue weighted by molar-refractivity contribution is 0.0922. The van der Waals surface area contributed by atoms with Crippen LogP contribution >= 0.6 is 0 Å². The molecule has 1 unspecified atom stereocenters. The lowest BCUT2D eigenvalue weighted by Gasteiger charge is -2.14. The molecule has 1 atom stereocenters. The molecule has 0 saturated carbocycles. The monoisotopic (exact) mass is 210 g/mol. The fourth-order valence-corrected chi connectivity index (χ4v) is 1.41. The normalized spacial score (nSPS) is 12.8. The van der Waals surface area contributed by atoms with E-state index in [-0.39, 0.29) is 11.9 Å². The molecule has 1 aromatic heterocycles. The van der Waals surface area contributed by atoms with Gasteiger partial charge in [-0.3, -0.25) is 4.79 Å². The van der Waals surface area contributed by atoms with Crippen molar-refractivity contribution in [3.8, 4) is 0 Å². The summed E-state index contributed by atoms with van der Waals surface area (Å²) < 4.78 is 4.96. The molecule has 0 radical (unpaired) electrons. The van der Waals surface area contributed by atoms with Gasteiger partial charge in [-0.1, -0.05) is 13.8 Å². The number of nitrogens with two attached hydrogens (primary N) is 1. The molecule has 4 nitrogen and oxygen atoms in total. The molecule has 0 fully saturated rings. The molecular weight excluding hydrogens is 192 g/mol. The van der Waals surface area contributed by atoms with E-state index in [1.54, 1.807) is 12.1 Å². The van der Waals surface area contributed by atoms with E-state index in [1.807, 2.05) is 0 Å². The highest BCUT2D eigenvalue weighted by atomic mass is 16.3.